The molecule has 6 nitrogen and oxygen atoms in total. The maximum absolute atomic E-state index is 11.8. The van der Waals surface area contributed by atoms with Crippen molar-refractivity contribution >= 4 is 10.0 Å². The van der Waals surface area contributed by atoms with Crippen molar-refractivity contribution in [2.75, 3.05) is 19.8 Å². The summed E-state index contributed by atoms with van der Waals surface area (Å²) in [5.41, 5.74) is 0.528. The maximum atomic E-state index is 11.8. The van der Waals surface area contributed by atoms with Crippen molar-refractivity contribution in [3.63, 3.8) is 0 Å². The molecule has 0 bridgehead atoms. The number of hydrogen-bond donors (Lipinski definition) is 2. The van der Waals surface area contributed by atoms with Crippen LogP contribution in [0.5, 0.6) is 0 Å². The summed E-state index contributed by atoms with van der Waals surface area (Å²) in [6.07, 6.45) is 1.30. The third kappa shape index (κ3) is 4.45. The topological polar surface area (TPSA) is 84.1 Å². The van der Waals surface area contributed by atoms with Crippen LogP contribution in [0.15, 0.2) is 11.1 Å². The molecule has 1 rings (SSSR count). The first-order valence-corrected chi connectivity index (χ1v) is 6.99. The third-order valence-corrected chi connectivity index (χ3v) is 3.64. The number of rotatable bonds is 7. The fourth-order valence-corrected chi connectivity index (χ4v) is 2.40. The van der Waals surface area contributed by atoms with Gasteiger partial charge >= 0.3 is 0 Å². The van der Waals surface area contributed by atoms with E-state index in [1.807, 2.05) is 13.8 Å². The van der Waals surface area contributed by atoms with Gasteiger partial charge in [-0.05, 0) is 12.8 Å². The van der Waals surface area contributed by atoms with Gasteiger partial charge in [0.25, 0.3) is 0 Å². The highest BCUT2D eigenvalue weighted by Gasteiger charge is 2.17. The van der Waals surface area contributed by atoms with Gasteiger partial charge in [0.1, 0.15) is 4.90 Å². The van der Waals surface area contributed by atoms with Gasteiger partial charge in [0.05, 0.1) is 18.5 Å². The van der Waals surface area contributed by atoms with Gasteiger partial charge in [-0.15, -0.1) is 0 Å². The third-order valence-electron chi connectivity index (χ3n) is 2.06. The van der Waals surface area contributed by atoms with Gasteiger partial charge in [0.2, 0.25) is 10.0 Å². The van der Waals surface area contributed by atoms with Crippen LogP contribution >= 0.6 is 0 Å². The summed E-state index contributed by atoms with van der Waals surface area (Å²) >= 11 is 0. The average molecular weight is 261 g/mol. The van der Waals surface area contributed by atoms with Gasteiger partial charge in [-0.1, -0.05) is 13.8 Å². The molecule has 0 spiro atoms. The van der Waals surface area contributed by atoms with Crippen LogP contribution in [0, 0.1) is 12.8 Å². The zero-order chi connectivity index (χ0) is 12.9. The molecule has 1 heterocycles. The minimum absolute atomic E-state index is 0.182. The Morgan fingerprint density at radius 2 is 2.24 bits per heavy atom. The highest BCUT2D eigenvalue weighted by molar-refractivity contribution is 7.89. The summed E-state index contributed by atoms with van der Waals surface area (Å²) in [7, 11) is -3.47. The minimum Gasteiger partial charge on any atom is -0.380 e. The van der Waals surface area contributed by atoms with Crippen molar-refractivity contribution in [3.05, 3.63) is 11.9 Å². The van der Waals surface area contributed by atoms with E-state index in [1.165, 1.54) is 6.20 Å². The molecule has 0 atom stereocenters. The SMILES string of the molecule is Cc1[nH]ncc1S(=O)(=O)NCCOCC(C)C. The molecule has 7 heteroatoms. The van der Waals surface area contributed by atoms with Crippen LogP contribution in [0.2, 0.25) is 0 Å². The highest BCUT2D eigenvalue weighted by Crippen LogP contribution is 2.09. The second-order valence-corrected chi connectivity index (χ2v) is 5.96. The first-order chi connectivity index (χ1) is 7.93. The number of aryl methyl sites for hydroxylation is 1. The number of ether oxygens (including phenoxy) is 1. The molecule has 0 saturated heterocycles. The molecular formula is C10H19N3O3S. The lowest BCUT2D eigenvalue weighted by atomic mass is 10.2. The van der Waals surface area contributed by atoms with E-state index in [1.54, 1.807) is 6.92 Å². The Morgan fingerprint density at radius 1 is 1.53 bits per heavy atom. The molecule has 0 unspecified atom stereocenters. The van der Waals surface area contributed by atoms with Crippen LogP contribution in [0.25, 0.3) is 0 Å². The van der Waals surface area contributed by atoms with E-state index < -0.39 is 10.0 Å². The molecule has 0 aliphatic rings. The Kier molecular flexibility index (Phi) is 5.10. The zero-order valence-corrected chi connectivity index (χ0v) is 11.2. The van der Waals surface area contributed by atoms with E-state index in [0.717, 1.165) is 0 Å². The van der Waals surface area contributed by atoms with Gasteiger partial charge in [-0.3, -0.25) is 5.10 Å². The predicted octanol–water partition coefficient (Wildman–Crippen LogP) is 0.669. The van der Waals surface area contributed by atoms with Crippen LogP contribution in [-0.2, 0) is 14.8 Å². The lowest BCUT2D eigenvalue weighted by Crippen LogP contribution is -2.28. The van der Waals surface area contributed by atoms with E-state index in [0.29, 0.717) is 24.8 Å². The molecule has 0 aliphatic carbocycles. The second kappa shape index (κ2) is 6.13. The number of hydrogen-bond acceptors (Lipinski definition) is 4. The molecule has 0 amide bonds. The fraction of sp³-hybridized carbons (Fsp3) is 0.700. The smallest absolute Gasteiger partial charge is 0.244 e. The lowest BCUT2D eigenvalue weighted by molar-refractivity contribution is 0.114. The van der Waals surface area contributed by atoms with Gasteiger partial charge in [-0.25, -0.2) is 13.1 Å². The van der Waals surface area contributed by atoms with Crippen molar-refractivity contribution in [1.29, 1.82) is 0 Å². The summed E-state index contributed by atoms with van der Waals surface area (Å²) in [5, 5.41) is 6.27. The molecule has 17 heavy (non-hydrogen) atoms. The Hall–Kier alpha value is -0.920. The minimum atomic E-state index is -3.47. The first-order valence-electron chi connectivity index (χ1n) is 5.51. The van der Waals surface area contributed by atoms with Crippen LogP contribution < -0.4 is 4.72 Å². The van der Waals surface area contributed by atoms with Crippen LogP contribution in [0.1, 0.15) is 19.5 Å². The highest BCUT2D eigenvalue weighted by atomic mass is 32.2. The van der Waals surface area contributed by atoms with Crippen LogP contribution in [-0.4, -0.2) is 38.4 Å². The fourth-order valence-electron chi connectivity index (χ4n) is 1.26. The summed E-state index contributed by atoms with van der Waals surface area (Å²) in [5.74, 6) is 0.447. The number of H-pyrrole nitrogens is 1. The number of nitrogens with zero attached hydrogens (tertiary/aromatic N) is 1. The molecule has 1 aromatic heterocycles. The Balaban J connectivity index is 2.39. The van der Waals surface area contributed by atoms with Crippen LogP contribution in [0.3, 0.4) is 0 Å². The van der Waals surface area contributed by atoms with E-state index in [2.05, 4.69) is 14.9 Å². The average Bonchev–Trinajstić information content (AvgIpc) is 2.64. The Morgan fingerprint density at radius 3 is 2.76 bits per heavy atom. The van der Waals surface area contributed by atoms with Crippen molar-refractivity contribution < 1.29 is 13.2 Å². The van der Waals surface area contributed by atoms with Gasteiger partial charge < -0.3 is 4.74 Å². The van der Waals surface area contributed by atoms with E-state index in [9.17, 15) is 8.42 Å². The van der Waals surface area contributed by atoms with Crippen molar-refractivity contribution in [2.45, 2.75) is 25.7 Å². The summed E-state index contributed by atoms with van der Waals surface area (Å²) < 4.78 is 31.3. The van der Waals surface area contributed by atoms with E-state index in [-0.39, 0.29) is 11.4 Å². The Labute approximate surface area is 102 Å². The number of aromatic amines is 1. The molecule has 0 fully saturated rings. The van der Waals surface area contributed by atoms with E-state index >= 15 is 0 Å². The molecule has 0 aromatic carbocycles. The van der Waals surface area contributed by atoms with Crippen molar-refractivity contribution in [3.8, 4) is 0 Å². The molecule has 98 valence electrons. The van der Waals surface area contributed by atoms with Gasteiger partial charge in [-0.2, -0.15) is 5.10 Å². The number of sulfonamides is 1. The lowest BCUT2D eigenvalue weighted by Gasteiger charge is -2.08. The van der Waals surface area contributed by atoms with Gasteiger partial charge in [0.15, 0.2) is 0 Å². The molecule has 0 radical (unpaired) electrons. The monoisotopic (exact) mass is 261 g/mol. The molecular weight excluding hydrogens is 242 g/mol. The largest absolute Gasteiger partial charge is 0.380 e. The second-order valence-electron chi connectivity index (χ2n) is 4.23. The Bertz CT molecular complexity index is 439. The quantitative estimate of drug-likeness (QED) is 0.707. The van der Waals surface area contributed by atoms with Crippen LogP contribution in [0.4, 0.5) is 0 Å². The molecule has 1 aromatic rings. The molecule has 0 aliphatic heterocycles. The summed E-state index contributed by atoms with van der Waals surface area (Å²) in [6, 6.07) is 0. The number of nitrogens with one attached hydrogen (secondary N) is 2. The molecule has 0 saturated carbocycles. The standard InChI is InChI=1S/C10H19N3O3S/c1-8(2)7-16-5-4-12-17(14,15)10-6-11-13-9(10)3/h6,8,12H,4-5,7H2,1-3H3,(H,11,13). The van der Waals surface area contributed by atoms with Gasteiger partial charge in [0, 0.05) is 13.2 Å². The molecule has 2 N–H and O–H groups in total. The van der Waals surface area contributed by atoms with Crippen molar-refractivity contribution in [1.82, 2.24) is 14.9 Å². The normalized spacial score (nSPS) is 12.2. The van der Waals surface area contributed by atoms with E-state index in [4.69, 9.17) is 4.74 Å². The summed E-state index contributed by atoms with van der Waals surface area (Å²) in [4.78, 5) is 0.182. The predicted molar refractivity (Wildman–Crippen MR) is 64.2 cm³/mol. The number of aromatic nitrogens is 2. The maximum Gasteiger partial charge on any atom is 0.244 e. The van der Waals surface area contributed by atoms with Crippen molar-refractivity contribution in [2.24, 2.45) is 5.92 Å². The first kappa shape index (κ1) is 14.1. The zero-order valence-electron chi connectivity index (χ0n) is 10.4. The summed E-state index contributed by atoms with van der Waals surface area (Å²) in [6.45, 7) is 7.01.